The van der Waals surface area contributed by atoms with E-state index in [2.05, 4.69) is 14.8 Å². The summed E-state index contributed by atoms with van der Waals surface area (Å²) in [5.41, 5.74) is 8.84. The molecule has 90 valence electrons. The molecule has 0 aromatic heterocycles. The quantitative estimate of drug-likeness (QED) is 0.196. The van der Waals surface area contributed by atoms with Crippen molar-refractivity contribution >= 4 is 33.2 Å². The first-order valence-electron chi connectivity index (χ1n) is 4.77. The lowest BCUT2D eigenvalue weighted by molar-refractivity contribution is -0.140. The van der Waals surface area contributed by atoms with Crippen molar-refractivity contribution in [2.24, 2.45) is 5.11 Å². The van der Waals surface area contributed by atoms with Gasteiger partial charge < -0.3 is 4.74 Å². The van der Waals surface area contributed by atoms with Crippen molar-refractivity contribution in [3.05, 3.63) is 34.7 Å². The van der Waals surface area contributed by atoms with Gasteiger partial charge in [0.05, 0.1) is 13.5 Å². The second-order valence-electron chi connectivity index (χ2n) is 2.91. The van der Waals surface area contributed by atoms with Gasteiger partial charge in [-0.15, -0.1) is 0 Å². The van der Waals surface area contributed by atoms with Gasteiger partial charge in [-0.3, -0.25) is 4.79 Å². The molecule has 1 rings (SSSR count). The van der Waals surface area contributed by atoms with Crippen LogP contribution in [0.3, 0.4) is 0 Å². The Balaban J connectivity index is 2.32. The Morgan fingerprint density at radius 2 is 2.18 bits per heavy atom. The number of hydrogen-bond acceptors (Lipinski definition) is 5. The van der Waals surface area contributed by atoms with Crippen LogP contribution in [0.5, 0.6) is 0 Å². The van der Waals surface area contributed by atoms with Gasteiger partial charge in [-0.2, -0.15) is 0 Å². The zero-order valence-electron chi connectivity index (χ0n) is 9.20. The average molecular weight is 269 g/mol. The first kappa shape index (κ1) is 13.8. The summed E-state index contributed by atoms with van der Waals surface area (Å²) in [4.78, 5) is 14.6. The van der Waals surface area contributed by atoms with Crippen LogP contribution in [0, 0.1) is 0 Å². The Morgan fingerprint density at radius 1 is 1.47 bits per heavy atom. The maximum atomic E-state index is 10.8. The Morgan fingerprint density at radius 3 is 2.76 bits per heavy atom. The van der Waals surface area contributed by atoms with Crippen LogP contribution in [0.25, 0.3) is 10.4 Å². The highest BCUT2D eigenvalue weighted by molar-refractivity contribution is 8.76. The number of carbonyl (C=O) groups is 1. The summed E-state index contributed by atoms with van der Waals surface area (Å²) >= 11 is 0. The molecule has 0 aliphatic rings. The number of carbonyl (C=O) groups excluding carboxylic acids is 1. The van der Waals surface area contributed by atoms with E-state index in [1.165, 1.54) is 7.11 Å². The Labute approximate surface area is 107 Å². The molecule has 5 nitrogen and oxygen atoms in total. The van der Waals surface area contributed by atoms with Gasteiger partial charge in [-0.05, 0) is 17.7 Å². The maximum absolute atomic E-state index is 10.8. The van der Waals surface area contributed by atoms with Gasteiger partial charge in [0.2, 0.25) is 0 Å². The molecule has 0 unspecified atom stereocenters. The van der Waals surface area contributed by atoms with Gasteiger partial charge in [0, 0.05) is 21.2 Å². The van der Waals surface area contributed by atoms with Crippen LogP contribution >= 0.6 is 21.6 Å². The van der Waals surface area contributed by atoms with Crippen LogP contribution in [0.4, 0.5) is 5.69 Å². The van der Waals surface area contributed by atoms with E-state index >= 15 is 0 Å². The first-order valence-corrected chi connectivity index (χ1v) is 7.09. The number of hydrogen-bond donors (Lipinski definition) is 0. The lowest BCUT2D eigenvalue weighted by Gasteiger charge is -2.01. The number of nitrogens with zero attached hydrogens (tertiary/aromatic N) is 3. The molecule has 0 fully saturated rings. The fraction of sp³-hybridized carbons (Fsp3) is 0.300. The molecule has 0 aliphatic heterocycles. The van der Waals surface area contributed by atoms with Crippen LogP contribution < -0.4 is 0 Å². The van der Waals surface area contributed by atoms with Crippen molar-refractivity contribution in [3.8, 4) is 0 Å². The van der Waals surface area contributed by atoms with E-state index in [0.29, 0.717) is 17.9 Å². The Hall–Kier alpha value is -1.30. The largest absolute Gasteiger partial charge is 0.469 e. The van der Waals surface area contributed by atoms with E-state index in [-0.39, 0.29) is 5.97 Å². The summed E-state index contributed by atoms with van der Waals surface area (Å²) in [6, 6.07) is 7.26. The van der Waals surface area contributed by atoms with Crippen molar-refractivity contribution in [2.45, 2.75) is 11.3 Å². The number of ether oxygens (including phenoxy) is 1. The summed E-state index contributed by atoms with van der Waals surface area (Å²) in [5.74, 6) is 0.506. The first-order chi connectivity index (χ1) is 8.26. The average Bonchev–Trinajstić information content (AvgIpc) is 2.36. The summed E-state index contributed by atoms with van der Waals surface area (Å²) in [5, 5.41) is 3.48. The van der Waals surface area contributed by atoms with Gasteiger partial charge in [0.1, 0.15) is 0 Å². The van der Waals surface area contributed by atoms with E-state index < -0.39 is 0 Å². The van der Waals surface area contributed by atoms with E-state index in [1.54, 1.807) is 33.7 Å². The third-order valence-electron chi connectivity index (χ3n) is 1.77. The summed E-state index contributed by atoms with van der Waals surface area (Å²) in [6.07, 6.45) is 0.408. The normalized spacial score (nSPS) is 9.47. The van der Waals surface area contributed by atoms with Crippen LogP contribution in [-0.2, 0) is 9.53 Å². The molecule has 0 radical (unpaired) electrons. The molecule has 0 amide bonds. The van der Waals surface area contributed by atoms with Crippen LogP contribution in [0.15, 0.2) is 34.3 Å². The molecule has 1 aromatic rings. The van der Waals surface area contributed by atoms with Crippen molar-refractivity contribution in [1.29, 1.82) is 0 Å². The van der Waals surface area contributed by atoms with Gasteiger partial charge in [0.15, 0.2) is 0 Å². The van der Waals surface area contributed by atoms with Crippen molar-refractivity contribution < 1.29 is 9.53 Å². The third kappa shape index (κ3) is 5.53. The molecule has 0 aliphatic carbocycles. The standard InChI is InChI=1S/C10H11N3O2S2/c1-15-10(14)6-7-16-17-9-4-2-8(3-5-9)12-13-11/h2-5H,6-7H2,1H3. The number of benzene rings is 1. The SMILES string of the molecule is COC(=O)CCSSc1ccc(N=[N+]=[N-])cc1. The molecule has 0 spiro atoms. The molecule has 0 saturated carbocycles. The highest BCUT2D eigenvalue weighted by Crippen LogP contribution is 2.32. The minimum atomic E-state index is -0.197. The predicted octanol–water partition coefficient (Wildman–Crippen LogP) is 3.93. The van der Waals surface area contributed by atoms with Crippen molar-refractivity contribution in [3.63, 3.8) is 0 Å². The molecule has 0 bridgehead atoms. The molecule has 7 heteroatoms. The lowest BCUT2D eigenvalue weighted by Crippen LogP contribution is -2.00. The van der Waals surface area contributed by atoms with Gasteiger partial charge >= 0.3 is 5.97 Å². The fourth-order valence-corrected chi connectivity index (χ4v) is 2.91. The second kappa shape index (κ2) is 7.89. The van der Waals surface area contributed by atoms with Gasteiger partial charge in [-0.1, -0.05) is 38.8 Å². The summed E-state index contributed by atoms with van der Waals surface area (Å²) in [6.45, 7) is 0. The molecular formula is C10H11N3O2S2. The molecule has 0 N–H and O–H groups in total. The highest BCUT2D eigenvalue weighted by atomic mass is 33.1. The van der Waals surface area contributed by atoms with Crippen LogP contribution in [0.2, 0.25) is 0 Å². The monoisotopic (exact) mass is 269 g/mol. The predicted molar refractivity (Wildman–Crippen MR) is 70.2 cm³/mol. The topological polar surface area (TPSA) is 75.1 Å². The fourth-order valence-electron chi connectivity index (χ4n) is 0.957. The number of rotatable bonds is 6. The van der Waals surface area contributed by atoms with Crippen LogP contribution in [0.1, 0.15) is 6.42 Å². The highest BCUT2D eigenvalue weighted by Gasteiger charge is 2.00. The molecule has 17 heavy (non-hydrogen) atoms. The summed E-state index contributed by atoms with van der Waals surface area (Å²) < 4.78 is 4.54. The zero-order valence-corrected chi connectivity index (χ0v) is 10.8. The van der Waals surface area contributed by atoms with Gasteiger partial charge in [-0.25, -0.2) is 0 Å². The van der Waals surface area contributed by atoms with Crippen LogP contribution in [-0.4, -0.2) is 18.8 Å². The van der Waals surface area contributed by atoms with E-state index in [1.807, 2.05) is 12.1 Å². The van der Waals surface area contributed by atoms with Gasteiger partial charge in [0.25, 0.3) is 0 Å². The summed E-state index contributed by atoms with van der Waals surface area (Å²) in [7, 11) is 4.54. The van der Waals surface area contributed by atoms with E-state index in [9.17, 15) is 4.79 Å². The smallest absolute Gasteiger partial charge is 0.306 e. The molecule has 0 heterocycles. The second-order valence-corrected chi connectivity index (χ2v) is 5.40. The minimum absolute atomic E-state index is 0.197. The maximum Gasteiger partial charge on any atom is 0.306 e. The molecular weight excluding hydrogens is 258 g/mol. The zero-order chi connectivity index (χ0) is 12.5. The number of methoxy groups -OCH3 is 1. The Kier molecular flexibility index (Phi) is 6.39. The number of esters is 1. The minimum Gasteiger partial charge on any atom is -0.469 e. The molecule has 0 atom stereocenters. The van der Waals surface area contributed by atoms with E-state index in [0.717, 1.165) is 4.90 Å². The van der Waals surface area contributed by atoms with Crippen molar-refractivity contribution in [1.82, 2.24) is 0 Å². The number of azide groups is 1. The molecule has 0 saturated heterocycles. The van der Waals surface area contributed by atoms with Crippen molar-refractivity contribution in [2.75, 3.05) is 12.9 Å². The lowest BCUT2D eigenvalue weighted by atomic mass is 10.3. The van der Waals surface area contributed by atoms with E-state index in [4.69, 9.17) is 5.53 Å². The Bertz CT molecular complexity index is 416. The third-order valence-corrected chi connectivity index (χ3v) is 4.15. The molecule has 1 aromatic carbocycles.